The molecule has 0 unspecified atom stereocenters. The van der Waals surface area contributed by atoms with Gasteiger partial charge in [0.25, 0.3) is 0 Å². The first kappa shape index (κ1) is 25.4. The fourth-order valence-electron chi connectivity index (χ4n) is 5.03. The minimum atomic E-state index is -0.282. The minimum absolute atomic E-state index is 0.150. The number of Topliss-reactive ketones (excluding diaryl/α,β-unsaturated/α-hetero) is 2. The summed E-state index contributed by atoms with van der Waals surface area (Å²) in [5, 5.41) is 1.88. The van der Waals surface area contributed by atoms with Crippen LogP contribution in [0.4, 0.5) is 11.4 Å². The first-order valence-corrected chi connectivity index (χ1v) is 12.6. The summed E-state index contributed by atoms with van der Waals surface area (Å²) in [6, 6.07) is 25.4. The quantitative estimate of drug-likeness (QED) is 0.136. The van der Waals surface area contributed by atoms with Crippen LogP contribution in [0.1, 0.15) is 37.4 Å². The molecule has 3 heteroatoms. The molecule has 0 saturated carbocycles. The Labute approximate surface area is 228 Å². The molecule has 39 heavy (non-hydrogen) atoms. The summed E-state index contributed by atoms with van der Waals surface area (Å²) < 4.78 is 0. The molecule has 0 heterocycles. The number of rotatable bonds is 8. The number of benzene rings is 4. The lowest BCUT2D eigenvalue weighted by molar-refractivity contribution is 0.0990. The lowest BCUT2D eigenvalue weighted by atomic mass is 9.98. The maximum Gasteiger partial charge on any atom is 0.197 e. The first-order valence-electron chi connectivity index (χ1n) is 12.6. The van der Waals surface area contributed by atoms with Crippen LogP contribution in [0.25, 0.3) is 29.0 Å². The van der Waals surface area contributed by atoms with Crippen molar-refractivity contribution in [3.63, 3.8) is 0 Å². The van der Waals surface area contributed by atoms with Crippen LogP contribution >= 0.6 is 0 Å². The number of hydrogen-bond acceptors (Lipinski definition) is 3. The molecule has 5 rings (SSSR count). The van der Waals surface area contributed by atoms with E-state index >= 15 is 0 Å². The van der Waals surface area contributed by atoms with Gasteiger partial charge >= 0.3 is 0 Å². The molecule has 0 radical (unpaired) electrons. The topological polar surface area (TPSA) is 37.4 Å². The molecule has 3 nitrogen and oxygen atoms in total. The van der Waals surface area contributed by atoms with Crippen LogP contribution in [0, 0.1) is 0 Å². The highest BCUT2D eigenvalue weighted by Gasteiger charge is 2.34. The highest BCUT2D eigenvalue weighted by Crippen LogP contribution is 2.39. The summed E-state index contributed by atoms with van der Waals surface area (Å²) >= 11 is 0. The Hall–Kier alpha value is -5.28. The zero-order chi connectivity index (χ0) is 27.5. The molecule has 0 N–H and O–H groups in total. The number of hydrogen-bond donors (Lipinski definition) is 0. The van der Waals surface area contributed by atoms with Crippen LogP contribution in [0.5, 0.6) is 0 Å². The maximum atomic E-state index is 13.4. The summed E-state index contributed by atoms with van der Waals surface area (Å²) in [5.41, 5.74) is 6.03. The van der Waals surface area contributed by atoms with Gasteiger partial charge < -0.3 is 4.90 Å². The highest BCUT2D eigenvalue weighted by atomic mass is 16.2. The van der Waals surface area contributed by atoms with E-state index in [0.717, 1.165) is 44.5 Å². The third kappa shape index (κ3) is 4.41. The van der Waals surface area contributed by atoms with Crippen LogP contribution in [0.15, 0.2) is 135 Å². The molecule has 0 aliphatic heterocycles. The van der Waals surface area contributed by atoms with Gasteiger partial charge in [0.1, 0.15) is 0 Å². The van der Waals surface area contributed by atoms with Gasteiger partial charge in [0.05, 0.1) is 11.3 Å². The number of para-hydroxylation sites is 1. The van der Waals surface area contributed by atoms with E-state index in [4.69, 9.17) is 0 Å². The molecule has 188 valence electrons. The average Bonchev–Trinajstić information content (AvgIpc) is 3.21. The smallest absolute Gasteiger partial charge is 0.197 e. The highest BCUT2D eigenvalue weighted by molar-refractivity contribution is 6.41. The summed E-state index contributed by atoms with van der Waals surface area (Å²) in [4.78, 5) is 28.9. The van der Waals surface area contributed by atoms with Gasteiger partial charge in [0.2, 0.25) is 0 Å². The summed E-state index contributed by atoms with van der Waals surface area (Å²) in [7, 11) is 0. The lowest BCUT2D eigenvalue weighted by Gasteiger charge is -2.28. The average molecular weight is 506 g/mol. The number of anilines is 2. The lowest BCUT2D eigenvalue weighted by Crippen LogP contribution is -2.15. The summed E-state index contributed by atoms with van der Waals surface area (Å²) in [6.45, 7) is 15.5. The SMILES string of the molecule is C=C/C=C(\C=C)N(c1ccccc1)c1ccc(C=C2C(=O)c3cc(C=C)c(C=C)cc3C2=O)c2ccccc12. The monoisotopic (exact) mass is 505 g/mol. The molecule has 1 aliphatic carbocycles. The van der Waals surface area contributed by atoms with Gasteiger partial charge in [-0.15, -0.1) is 0 Å². The van der Waals surface area contributed by atoms with Crippen LogP contribution in [0.3, 0.4) is 0 Å². The molecule has 0 amide bonds. The first-order chi connectivity index (χ1) is 19.0. The summed E-state index contributed by atoms with van der Waals surface area (Å²) in [5.74, 6) is -0.564. The van der Waals surface area contributed by atoms with E-state index < -0.39 is 0 Å². The van der Waals surface area contributed by atoms with Gasteiger partial charge in [-0.05, 0) is 70.6 Å². The Bertz CT molecular complexity index is 1700. The van der Waals surface area contributed by atoms with Gasteiger partial charge in [-0.2, -0.15) is 0 Å². The molecule has 0 aromatic heterocycles. The molecule has 0 fully saturated rings. The van der Waals surface area contributed by atoms with E-state index in [1.165, 1.54) is 0 Å². The predicted octanol–water partition coefficient (Wildman–Crippen LogP) is 8.98. The third-order valence-corrected chi connectivity index (χ3v) is 6.89. The number of ketones is 2. The fourth-order valence-corrected chi connectivity index (χ4v) is 5.03. The molecule has 4 aromatic carbocycles. The van der Waals surface area contributed by atoms with E-state index in [0.29, 0.717) is 11.1 Å². The van der Waals surface area contributed by atoms with Crippen molar-refractivity contribution >= 4 is 51.9 Å². The molecular formula is C36H27NO2. The van der Waals surface area contributed by atoms with Crippen molar-refractivity contribution in [1.82, 2.24) is 0 Å². The van der Waals surface area contributed by atoms with Gasteiger partial charge in [0.15, 0.2) is 11.6 Å². The summed E-state index contributed by atoms with van der Waals surface area (Å²) in [6.07, 6.45) is 10.5. The van der Waals surface area contributed by atoms with Gasteiger partial charge in [0, 0.05) is 27.9 Å². The zero-order valence-electron chi connectivity index (χ0n) is 21.6. The molecule has 0 saturated heterocycles. The van der Waals surface area contributed by atoms with Crippen molar-refractivity contribution in [3.05, 3.63) is 162 Å². The van der Waals surface area contributed by atoms with Crippen molar-refractivity contribution in [1.29, 1.82) is 0 Å². The molecule has 4 aromatic rings. The van der Waals surface area contributed by atoms with Crippen molar-refractivity contribution in [2.24, 2.45) is 0 Å². The zero-order valence-corrected chi connectivity index (χ0v) is 21.6. The maximum absolute atomic E-state index is 13.4. The Balaban J connectivity index is 1.68. The van der Waals surface area contributed by atoms with Crippen molar-refractivity contribution < 1.29 is 9.59 Å². The second kappa shape index (κ2) is 10.6. The number of allylic oxidation sites excluding steroid dienone is 4. The van der Waals surface area contributed by atoms with Gasteiger partial charge in [-0.3, -0.25) is 9.59 Å². The Morgan fingerprint density at radius 2 is 1.26 bits per heavy atom. The van der Waals surface area contributed by atoms with E-state index in [1.54, 1.807) is 42.5 Å². The number of carbonyl (C=O) groups excluding carboxylic acids is 2. The van der Waals surface area contributed by atoms with E-state index in [1.807, 2.05) is 72.8 Å². The van der Waals surface area contributed by atoms with Crippen molar-refractivity contribution in [2.75, 3.05) is 4.90 Å². The van der Waals surface area contributed by atoms with Crippen LogP contribution in [-0.2, 0) is 0 Å². The number of fused-ring (bicyclic) bond motifs is 2. The Morgan fingerprint density at radius 1 is 0.667 bits per heavy atom. The number of nitrogens with zero attached hydrogens (tertiary/aromatic N) is 1. The molecular weight excluding hydrogens is 478 g/mol. The van der Waals surface area contributed by atoms with Gasteiger partial charge in [-0.1, -0.05) is 93.1 Å². The van der Waals surface area contributed by atoms with Crippen LogP contribution < -0.4 is 4.90 Å². The second-order valence-corrected chi connectivity index (χ2v) is 9.07. The van der Waals surface area contributed by atoms with E-state index in [-0.39, 0.29) is 17.1 Å². The molecule has 1 aliphatic rings. The fraction of sp³-hybridized carbons (Fsp3) is 0. The van der Waals surface area contributed by atoms with E-state index in [9.17, 15) is 9.59 Å². The Morgan fingerprint density at radius 3 is 1.82 bits per heavy atom. The van der Waals surface area contributed by atoms with Gasteiger partial charge in [-0.25, -0.2) is 0 Å². The normalized spacial score (nSPS) is 12.7. The predicted molar refractivity (Wildman–Crippen MR) is 164 cm³/mol. The Kier molecular flexibility index (Phi) is 6.90. The largest absolute Gasteiger partial charge is 0.310 e. The molecule has 0 bridgehead atoms. The third-order valence-electron chi connectivity index (χ3n) is 6.89. The molecule has 0 spiro atoms. The number of carbonyl (C=O) groups is 2. The second-order valence-electron chi connectivity index (χ2n) is 9.07. The standard InChI is InChI=1S/C36H27NO2/c1-5-14-27(8-4)37(28-15-10-9-11-16-28)34-20-19-26(29-17-12-13-18-30(29)34)23-33-35(38)31-21-24(6-2)25(7-3)22-32(31)36(33)39/h5-23H,1-4H2/b27-14+. The van der Waals surface area contributed by atoms with E-state index in [2.05, 4.69) is 31.2 Å². The minimum Gasteiger partial charge on any atom is -0.310 e. The van der Waals surface area contributed by atoms with Crippen molar-refractivity contribution in [2.45, 2.75) is 0 Å². The molecule has 0 atom stereocenters. The van der Waals surface area contributed by atoms with Crippen LogP contribution in [-0.4, -0.2) is 11.6 Å². The van der Waals surface area contributed by atoms with Crippen molar-refractivity contribution in [3.8, 4) is 0 Å². The van der Waals surface area contributed by atoms with Crippen LogP contribution in [0.2, 0.25) is 0 Å².